The number of hydrogen-bond acceptors (Lipinski definition) is 7. The number of ether oxygens (including phenoxy) is 2. The number of hydrogen-bond donors (Lipinski definition) is 2. The lowest BCUT2D eigenvalue weighted by atomic mass is 10.1. The maximum Gasteiger partial charge on any atom is 0.350 e. The molecule has 0 aliphatic carbocycles. The average Bonchev–Trinajstić information content (AvgIpc) is 3.26. The van der Waals surface area contributed by atoms with Crippen molar-refractivity contribution in [1.29, 1.82) is 0 Å². The van der Waals surface area contributed by atoms with Crippen molar-refractivity contribution in [2.24, 2.45) is 0 Å². The van der Waals surface area contributed by atoms with Gasteiger partial charge in [-0.1, -0.05) is 48.5 Å². The number of thiophene rings is 1. The van der Waals surface area contributed by atoms with Crippen LogP contribution in [0.5, 0.6) is 0 Å². The molecule has 0 fully saturated rings. The summed E-state index contributed by atoms with van der Waals surface area (Å²) in [5.74, 6) is -2.00. The molecule has 0 radical (unpaired) electrons. The van der Waals surface area contributed by atoms with E-state index in [2.05, 4.69) is 10.3 Å². The minimum absolute atomic E-state index is 0.0567. The van der Waals surface area contributed by atoms with Gasteiger partial charge in [0, 0.05) is 21.8 Å². The van der Waals surface area contributed by atoms with Gasteiger partial charge in [-0.3, -0.25) is 9.59 Å². The van der Waals surface area contributed by atoms with Gasteiger partial charge in [0.15, 0.2) is 6.61 Å². The summed E-state index contributed by atoms with van der Waals surface area (Å²) in [6.45, 7) is 1.28. The number of carbonyl (C=O) groups is 3. The Labute approximate surface area is 198 Å². The van der Waals surface area contributed by atoms with Gasteiger partial charge in [-0.05, 0) is 24.6 Å². The van der Waals surface area contributed by atoms with Crippen LogP contribution in [0.3, 0.4) is 0 Å². The lowest BCUT2D eigenvalue weighted by Crippen LogP contribution is -2.22. The summed E-state index contributed by atoms with van der Waals surface area (Å²) in [7, 11) is 0. The zero-order valence-corrected chi connectivity index (χ0v) is 18.9. The third-order valence-corrected chi connectivity index (χ3v) is 5.99. The van der Waals surface area contributed by atoms with Crippen molar-refractivity contribution >= 4 is 45.8 Å². The number of aromatic nitrogens is 1. The largest absolute Gasteiger partial charge is 0.462 e. The van der Waals surface area contributed by atoms with Crippen LogP contribution in [0.4, 0.5) is 5.69 Å². The number of esters is 2. The topological polar surface area (TPSA) is 115 Å². The molecule has 172 valence electrons. The van der Waals surface area contributed by atoms with Crippen LogP contribution < -0.4 is 10.9 Å². The molecule has 0 saturated heterocycles. The summed E-state index contributed by atoms with van der Waals surface area (Å²) in [4.78, 5) is 53.1. The van der Waals surface area contributed by atoms with Gasteiger partial charge < -0.3 is 19.8 Å². The highest BCUT2D eigenvalue weighted by Crippen LogP contribution is 2.35. The third kappa shape index (κ3) is 5.05. The van der Waals surface area contributed by atoms with Gasteiger partial charge in [-0.2, -0.15) is 0 Å². The van der Waals surface area contributed by atoms with Gasteiger partial charge in [-0.25, -0.2) is 9.59 Å². The molecule has 9 heteroatoms. The Hall–Kier alpha value is -4.24. The lowest BCUT2D eigenvalue weighted by molar-refractivity contribution is -0.119. The number of fused-ring (bicyclic) bond motifs is 1. The molecule has 2 aromatic carbocycles. The highest BCUT2D eigenvalue weighted by Gasteiger charge is 2.21. The number of anilines is 1. The summed E-state index contributed by atoms with van der Waals surface area (Å²) < 4.78 is 10.3. The van der Waals surface area contributed by atoms with E-state index in [0.29, 0.717) is 10.9 Å². The van der Waals surface area contributed by atoms with E-state index in [-0.39, 0.29) is 22.7 Å². The molecule has 4 rings (SSSR count). The molecule has 8 nitrogen and oxygen atoms in total. The highest BCUT2D eigenvalue weighted by molar-refractivity contribution is 7.18. The van der Waals surface area contributed by atoms with E-state index in [9.17, 15) is 19.2 Å². The zero-order chi connectivity index (χ0) is 24.1. The molecule has 1 amide bonds. The molecule has 0 aliphatic rings. The van der Waals surface area contributed by atoms with E-state index in [4.69, 9.17) is 9.47 Å². The summed E-state index contributed by atoms with van der Waals surface area (Å²) in [5.41, 5.74) is 1.23. The first-order valence-electron chi connectivity index (χ1n) is 10.4. The summed E-state index contributed by atoms with van der Waals surface area (Å²) in [5, 5.41) is 3.12. The van der Waals surface area contributed by atoms with Crippen LogP contribution >= 0.6 is 11.3 Å². The molecule has 2 N–H and O–H groups in total. The van der Waals surface area contributed by atoms with E-state index in [1.165, 1.54) is 11.3 Å². The van der Waals surface area contributed by atoms with Crippen molar-refractivity contribution in [3.8, 4) is 10.4 Å². The van der Waals surface area contributed by atoms with E-state index in [0.717, 1.165) is 16.5 Å². The van der Waals surface area contributed by atoms with Crippen LogP contribution in [0.15, 0.2) is 71.5 Å². The minimum atomic E-state index is -0.807. The van der Waals surface area contributed by atoms with E-state index in [1.807, 2.05) is 30.3 Å². The van der Waals surface area contributed by atoms with Gasteiger partial charge in [0.25, 0.3) is 5.91 Å². The average molecular weight is 477 g/mol. The third-order valence-electron chi connectivity index (χ3n) is 4.83. The molecule has 0 atom stereocenters. The van der Waals surface area contributed by atoms with E-state index < -0.39 is 30.0 Å². The molecule has 0 aliphatic heterocycles. The van der Waals surface area contributed by atoms with Crippen LogP contribution in [0.2, 0.25) is 0 Å². The fourth-order valence-electron chi connectivity index (χ4n) is 3.35. The Morgan fingerprint density at radius 3 is 2.44 bits per heavy atom. The number of H-pyrrole nitrogens is 1. The highest BCUT2D eigenvalue weighted by atomic mass is 32.1. The van der Waals surface area contributed by atoms with Crippen molar-refractivity contribution in [2.45, 2.75) is 6.92 Å². The molecule has 0 spiro atoms. The van der Waals surface area contributed by atoms with Gasteiger partial charge in [-0.15, -0.1) is 11.3 Å². The fraction of sp³-hybridized carbons (Fsp3) is 0.120. The van der Waals surface area contributed by atoms with Crippen molar-refractivity contribution in [3.63, 3.8) is 0 Å². The monoisotopic (exact) mass is 476 g/mol. The van der Waals surface area contributed by atoms with Crippen LogP contribution in [-0.2, 0) is 14.3 Å². The standard InChI is InChI=1S/C25H20N2O6S/c1-2-32-25(31)23-19(13-20(34-23)15-8-4-3-5-9-15)27-22(29)14-33-24(30)17-12-21(28)26-18-11-7-6-10-16(17)18/h3-13H,2,14H2,1H3,(H,26,28)(H,27,29). The normalized spacial score (nSPS) is 10.6. The summed E-state index contributed by atoms with van der Waals surface area (Å²) in [6, 6.07) is 19.0. The van der Waals surface area contributed by atoms with Crippen LogP contribution in [0.25, 0.3) is 21.3 Å². The molecule has 2 heterocycles. The van der Waals surface area contributed by atoms with Gasteiger partial charge in [0.05, 0.1) is 17.9 Å². The first kappa shape index (κ1) is 22.9. The Bertz CT molecular complexity index is 1420. The Balaban J connectivity index is 1.51. The maximum atomic E-state index is 12.6. The van der Waals surface area contributed by atoms with Crippen molar-refractivity contribution in [2.75, 3.05) is 18.5 Å². The number of aromatic amines is 1. The van der Waals surface area contributed by atoms with Gasteiger partial charge >= 0.3 is 11.9 Å². The second-order valence-electron chi connectivity index (χ2n) is 7.16. The molecule has 34 heavy (non-hydrogen) atoms. The zero-order valence-electron chi connectivity index (χ0n) is 18.1. The Morgan fingerprint density at radius 2 is 1.68 bits per heavy atom. The van der Waals surface area contributed by atoms with Gasteiger partial charge in [0.1, 0.15) is 4.88 Å². The summed E-state index contributed by atoms with van der Waals surface area (Å²) >= 11 is 1.19. The molecule has 0 unspecified atom stereocenters. The summed E-state index contributed by atoms with van der Waals surface area (Å²) in [6.07, 6.45) is 0. The number of rotatable bonds is 7. The van der Waals surface area contributed by atoms with Crippen LogP contribution in [-0.4, -0.2) is 36.0 Å². The van der Waals surface area contributed by atoms with Crippen molar-refractivity contribution in [1.82, 2.24) is 4.98 Å². The number of para-hydroxylation sites is 1. The molecule has 2 aromatic heterocycles. The fourth-order valence-corrected chi connectivity index (χ4v) is 4.36. The molecular formula is C25H20N2O6S. The van der Waals surface area contributed by atoms with Crippen molar-refractivity contribution in [3.05, 3.63) is 87.5 Å². The SMILES string of the molecule is CCOC(=O)c1sc(-c2ccccc2)cc1NC(=O)COC(=O)c1cc(=O)[nH]c2ccccc12. The molecule has 4 aromatic rings. The molecule has 0 bridgehead atoms. The smallest absolute Gasteiger partial charge is 0.350 e. The second-order valence-corrected chi connectivity index (χ2v) is 8.21. The van der Waals surface area contributed by atoms with Crippen molar-refractivity contribution < 1.29 is 23.9 Å². The Kier molecular flexibility index (Phi) is 6.84. The predicted octanol–water partition coefficient (Wildman–Crippen LogP) is 4.23. The first-order valence-corrected chi connectivity index (χ1v) is 11.2. The minimum Gasteiger partial charge on any atom is -0.462 e. The number of nitrogens with one attached hydrogen (secondary N) is 2. The number of carbonyl (C=O) groups excluding carboxylic acids is 3. The predicted molar refractivity (Wildman–Crippen MR) is 129 cm³/mol. The number of amides is 1. The quantitative estimate of drug-likeness (QED) is 0.386. The first-order chi connectivity index (χ1) is 16.5. The molecular weight excluding hydrogens is 456 g/mol. The van der Waals surface area contributed by atoms with Crippen LogP contribution in [0, 0.1) is 0 Å². The molecule has 0 saturated carbocycles. The number of pyridine rings is 1. The maximum absolute atomic E-state index is 12.6. The second kappa shape index (κ2) is 10.1. The van der Waals surface area contributed by atoms with Crippen LogP contribution in [0.1, 0.15) is 27.0 Å². The Morgan fingerprint density at radius 1 is 0.941 bits per heavy atom. The number of benzene rings is 2. The van der Waals surface area contributed by atoms with E-state index >= 15 is 0 Å². The van der Waals surface area contributed by atoms with E-state index in [1.54, 1.807) is 37.3 Å². The lowest BCUT2D eigenvalue weighted by Gasteiger charge is -2.08. The van der Waals surface area contributed by atoms with Gasteiger partial charge in [0.2, 0.25) is 5.56 Å².